The lowest BCUT2D eigenvalue weighted by Crippen LogP contribution is -2.49. The normalized spacial score (nSPS) is 22.5. The summed E-state index contributed by atoms with van der Waals surface area (Å²) < 4.78 is 4.80. The molecule has 2 fully saturated rings. The van der Waals surface area contributed by atoms with Gasteiger partial charge in [0.25, 0.3) is 0 Å². The Kier molecular flexibility index (Phi) is 8.44. The zero-order valence-corrected chi connectivity index (χ0v) is 21.1. The van der Waals surface area contributed by atoms with Crippen molar-refractivity contribution in [1.82, 2.24) is 19.9 Å². The molecule has 1 aromatic carbocycles. The fourth-order valence-corrected chi connectivity index (χ4v) is 5.48. The molecule has 1 aliphatic carbocycles. The third-order valence-electron chi connectivity index (χ3n) is 7.74. The van der Waals surface area contributed by atoms with Crippen LogP contribution < -0.4 is 5.32 Å². The predicted octanol–water partition coefficient (Wildman–Crippen LogP) is 4.56. The summed E-state index contributed by atoms with van der Waals surface area (Å²) in [4.78, 5) is 32.5. The maximum Gasteiger partial charge on any atom is 0.320 e. The number of hydrogen-bond acceptors (Lipinski definition) is 5. The molecule has 0 radical (unpaired) electrons. The Labute approximate surface area is 208 Å². The van der Waals surface area contributed by atoms with E-state index in [-0.39, 0.29) is 24.0 Å². The van der Waals surface area contributed by atoms with Gasteiger partial charge in [-0.1, -0.05) is 41.9 Å². The topological polar surface area (TPSA) is 81.9 Å². The lowest BCUT2D eigenvalue weighted by atomic mass is 9.79. The SMILES string of the molecule is CN(C)[C@]1(c2ccccc2)CCCCN(CC(=O)Nc2ccon2)C(=O)N(CC2CCC2)CCC1. The van der Waals surface area contributed by atoms with Gasteiger partial charge in [-0.15, -0.1) is 0 Å². The summed E-state index contributed by atoms with van der Waals surface area (Å²) in [5.41, 5.74) is 1.27. The van der Waals surface area contributed by atoms with E-state index in [1.807, 2.05) is 4.90 Å². The first kappa shape index (κ1) is 25.2. The van der Waals surface area contributed by atoms with Crippen LogP contribution in [0.3, 0.4) is 0 Å². The van der Waals surface area contributed by atoms with Crippen LogP contribution >= 0.6 is 0 Å². The average Bonchev–Trinajstić information content (AvgIpc) is 3.32. The Hall–Kier alpha value is -2.87. The molecule has 8 nitrogen and oxygen atoms in total. The van der Waals surface area contributed by atoms with Crippen molar-refractivity contribution in [2.45, 2.75) is 56.9 Å². The molecule has 2 aromatic rings. The summed E-state index contributed by atoms with van der Waals surface area (Å²) in [7, 11) is 4.34. The van der Waals surface area contributed by atoms with Gasteiger partial charge >= 0.3 is 6.03 Å². The lowest BCUT2D eigenvalue weighted by Gasteiger charge is -2.41. The largest absolute Gasteiger partial charge is 0.363 e. The zero-order chi connectivity index (χ0) is 24.7. The van der Waals surface area contributed by atoms with Gasteiger partial charge in [-0.2, -0.15) is 0 Å². The van der Waals surface area contributed by atoms with E-state index >= 15 is 0 Å². The number of urea groups is 1. The molecular formula is C27H39N5O3. The van der Waals surface area contributed by atoms with Gasteiger partial charge in [-0.05, 0) is 70.5 Å². The Bertz CT molecular complexity index is 945. The summed E-state index contributed by atoms with van der Waals surface area (Å²) >= 11 is 0. The summed E-state index contributed by atoms with van der Waals surface area (Å²) in [6.45, 7) is 2.06. The number of rotatable bonds is 7. The second kappa shape index (κ2) is 11.7. The van der Waals surface area contributed by atoms with Crippen molar-refractivity contribution in [2.24, 2.45) is 5.92 Å². The maximum atomic E-state index is 13.7. The molecule has 190 valence electrons. The van der Waals surface area contributed by atoms with Crippen LogP contribution in [0, 0.1) is 5.92 Å². The molecule has 1 saturated heterocycles. The van der Waals surface area contributed by atoms with E-state index in [9.17, 15) is 9.59 Å². The van der Waals surface area contributed by atoms with Gasteiger partial charge in [0.15, 0.2) is 5.82 Å². The van der Waals surface area contributed by atoms with E-state index in [0.717, 1.165) is 38.6 Å². The van der Waals surface area contributed by atoms with E-state index in [0.29, 0.717) is 24.8 Å². The molecule has 2 heterocycles. The highest BCUT2D eigenvalue weighted by Gasteiger charge is 2.35. The Morgan fingerprint density at radius 3 is 2.46 bits per heavy atom. The van der Waals surface area contributed by atoms with E-state index < -0.39 is 0 Å². The van der Waals surface area contributed by atoms with Crippen molar-refractivity contribution in [3.63, 3.8) is 0 Å². The van der Waals surface area contributed by atoms with Gasteiger partial charge in [-0.3, -0.25) is 9.69 Å². The number of carbonyl (C=O) groups is 2. The van der Waals surface area contributed by atoms with E-state index in [4.69, 9.17) is 4.52 Å². The molecule has 0 spiro atoms. The van der Waals surface area contributed by atoms with Crippen LogP contribution in [-0.4, -0.2) is 72.1 Å². The smallest absolute Gasteiger partial charge is 0.320 e. The minimum atomic E-state index is -0.252. The Morgan fingerprint density at radius 1 is 1.06 bits per heavy atom. The second-order valence-corrected chi connectivity index (χ2v) is 10.2. The second-order valence-electron chi connectivity index (χ2n) is 10.2. The summed E-state index contributed by atoms with van der Waals surface area (Å²) in [5, 5.41) is 6.48. The van der Waals surface area contributed by atoms with Crippen LogP contribution in [0.15, 0.2) is 47.2 Å². The van der Waals surface area contributed by atoms with E-state index in [1.54, 1.807) is 11.0 Å². The molecule has 1 atom stereocenters. The van der Waals surface area contributed by atoms with Crippen molar-refractivity contribution >= 4 is 17.8 Å². The molecule has 1 N–H and O–H groups in total. The van der Waals surface area contributed by atoms with Crippen molar-refractivity contribution in [3.8, 4) is 0 Å². The molecule has 0 bridgehead atoms. The molecule has 1 saturated carbocycles. The van der Waals surface area contributed by atoms with Crippen molar-refractivity contribution in [2.75, 3.05) is 45.6 Å². The van der Waals surface area contributed by atoms with Crippen LogP contribution in [0.5, 0.6) is 0 Å². The summed E-state index contributed by atoms with van der Waals surface area (Å²) in [6, 6.07) is 12.3. The van der Waals surface area contributed by atoms with Crippen LogP contribution in [-0.2, 0) is 10.3 Å². The first-order valence-electron chi connectivity index (χ1n) is 12.9. The molecular weight excluding hydrogens is 442 g/mol. The monoisotopic (exact) mass is 481 g/mol. The first-order chi connectivity index (χ1) is 17.0. The highest BCUT2D eigenvalue weighted by Crippen LogP contribution is 2.37. The first-order valence-corrected chi connectivity index (χ1v) is 12.9. The summed E-state index contributed by atoms with van der Waals surface area (Å²) in [6.07, 6.45) is 9.78. The molecule has 35 heavy (non-hydrogen) atoms. The number of anilines is 1. The number of aromatic nitrogens is 1. The fourth-order valence-electron chi connectivity index (χ4n) is 5.48. The third-order valence-corrected chi connectivity index (χ3v) is 7.74. The fraction of sp³-hybridized carbons (Fsp3) is 0.593. The third kappa shape index (κ3) is 6.23. The lowest BCUT2D eigenvalue weighted by molar-refractivity contribution is -0.117. The van der Waals surface area contributed by atoms with Gasteiger partial charge in [-0.25, -0.2) is 4.79 Å². The predicted molar refractivity (Wildman–Crippen MR) is 136 cm³/mol. The molecule has 3 amide bonds. The van der Waals surface area contributed by atoms with Gasteiger partial charge in [0.05, 0.1) is 0 Å². The number of nitrogens with zero attached hydrogens (tertiary/aromatic N) is 4. The van der Waals surface area contributed by atoms with Gasteiger partial charge < -0.3 is 19.6 Å². The minimum absolute atomic E-state index is 0.0182. The number of amides is 3. The molecule has 8 heteroatoms. The van der Waals surface area contributed by atoms with Crippen LogP contribution in [0.1, 0.15) is 56.9 Å². The molecule has 2 aliphatic rings. The standard InChI is InChI=1S/C27H39N5O3/c1-30(2)27(23-12-4-3-5-13-23)15-6-7-17-32(21-25(33)28-24-14-19-35-29-24)26(34)31(18-9-16-27)20-22-10-8-11-22/h3-5,12-14,19,22H,6-11,15-18,20-21H2,1-2H3,(H,28,29,33)/t27-/m1/s1. The number of benzene rings is 1. The maximum absolute atomic E-state index is 13.7. The van der Waals surface area contributed by atoms with Crippen LogP contribution in [0.4, 0.5) is 10.6 Å². The van der Waals surface area contributed by atoms with Crippen molar-refractivity contribution in [3.05, 3.63) is 48.2 Å². The van der Waals surface area contributed by atoms with Gasteiger partial charge in [0.2, 0.25) is 5.91 Å². The van der Waals surface area contributed by atoms with E-state index in [1.165, 1.54) is 31.1 Å². The van der Waals surface area contributed by atoms with Crippen LogP contribution in [0.2, 0.25) is 0 Å². The van der Waals surface area contributed by atoms with Gasteiger partial charge in [0, 0.05) is 31.2 Å². The molecule has 1 aromatic heterocycles. The number of nitrogens with one attached hydrogen (secondary N) is 1. The van der Waals surface area contributed by atoms with Crippen molar-refractivity contribution in [1.29, 1.82) is 0 Å². The number of carbonyl (C=O) groups excluding carboxylic acids is 2. The zero-order valence-electron chi connectivity index (χ0n) is 21.1. The highest BCUT2D eigenvalue weighted by molar-refractivity contribution is 5.93. The Morgan fingerprint density at radius 2 is 1.80 bits per heavy atom. The summed E-state index contributed by atoms with van der Waals surface area (Å²) in [5.74, 6) is 0.686. The molecule has 1 aliphatic heterocycles. The number of hydrogen-bond donors (Lipinski definition) is 1. The Balaban J connectivity index is 1.52. The van der Waals surface area contributed by atoms with Gasteiger partial charge in [0.1, 0.15) is 12.8 Å². The quantitative estimate of drug-likeness (QED) is 0.627. The molecule has 0 unspecified atom stereocenters. The average molecular weight is 482 g/mol. The van der Waals surface area contributed by atoms with Crippen molar-refractivity contribution < 1.29 is 14.1 Å². The highest BCUT2D eigenvalue weighted by atomic mass is 16.5. The van der Waals surface area contributed by atoms with Crippen LogP contribution in [0.25, 0.3) is 0 Å². The minimum Gasteiger partial charge on any atom is -0.363 e. The van der Waals surface area contributed by atoms with E-state index in [2.05, 4.69) is 59.8 Å². The molecule has 4 rings (SSSR count).